The van der Waals surface area contributed by atoms with Gasteiger partial charge in [0.15, 0.2) is 11.6 Å². The Morgan fingerprint density at radius 2 is 1.09 bits per heavy atom. The van der Waals surface area contributed by atoms with Gasteiger partial charge in [-0.25, -0.2) is 0 Å². The molecule has 0 bridgehead atoms. The lowest BCUT2D eigenvalue weighted by Gasteiger charge is -2.25. The molecule has 0 saturated carbocycles. The van der Waals surface area contributed by atoms with Crippen molar-refractivity contribution < 1.29 is 9.59 Å². The highest BCUT2D eigenvalue weighted by Gasteiger charge is 2.35. The maximum atomic E-state index is 13.9. The third kappa shape index (κ3) is 3.47. The van der Waals surface area contributed by atoms with Crippen LogP contribution in [0.25, 0.3) is 22.3 Å². The van der Waals surface area contributed by atoms with Crippen molar-refractivity contribution >= 4 is 49.1 Å². The Labute approximate surface area is 208 Å². The minimum atomic E-state index is -0.225. The lowest BCUT2D eigenvalue weighted by Crippen LogP contribution is -2.23. The summed E-state index contributed by atoms with van der Waals surface area (Å²) in [5.74, 6) is -0.420. The van der Waals surface area contributed by atoms with E-state index in [2.05, 4.69) is 31.9 Å². The number of hydrogen-bond acceptors (Lipinski definition) is 3. The van der Waals surface area contributed by atoms with Crippen molar-refractivity contribution in [2.75, 3.05) is 5.73 Å². The molecule has 0 unspecified atom stereocenters. The molecule has 1 aliphatic carbocycles. The Balaban J connectivity index is 1.95. The maximum Gasteiger partial charge on any atom is 0.196 e. The SMILES string of the molecule is Cc1ccc(-c2cc(N)c3c(c2-c2ccc(C)cc2Br)C(=O)c2ccccc2C3=O)c(Br)c1. The zero-order chi connectivity index (χ0) is 23.4. The van der Waals surface area contributed by atoms with Crippen LogP contribution in [-0.2, 0) is 0 Å². The second-order valence-electron chi connectivity index (χ2n) is 8.31. The summed E-state index contributed by atoms with van der Waals surface area (Å²) in [6.45, 7) is 4.03. The predicted octanol–water partition coefficient (Wildman–Crippen LogP) is 7.52. The second-order valence-corrected chi connectivity index (χ2v) is 10.0. The van der Waals surface area contributed by atoms with Gasteiger partial charge < -0.3 is 5.73 Å². The van der Waals surface area contributed by atoms with E-state index in [1.54, 1.807) is 24.3 Å². The molecule has 4 aromatic rings. The summed E-state index contributed by atoms with van der Waals surface area (Å²) in [5, 5.41) is 0. The van der Waals surface area contributed by atoms with Crippen molar-refractivity contribution in [1.29, 1.82) is 0 Å². The van der Waals surface area contributed by atoms with Crippen molar-refractivity contribution in [3.8, 4) is 22.3 Å². The maximum absolute atomic E-state index is 13.9. The van der Waals surface area contributed by atoms with Gasteiger partial charge in [-0.2, -0.15) is 0 Å². The number of halogens is 2. The van der Waals surface area contributed by atoms with Crippen LogP contribution < -0.4 is 5.73 Å². The van der Waals surface area contributed by atoms with Gasteiger partial charge in [0.2, 0.25) is 0 Å². The molecule has 5 heteroatoms. The molecule has 0 spiro atoms. The molecule has 0 radical (unpaired) electrons. The number of aryl methyl sites for hydroxylation is 2. The molecule has 162 valence electrons. The normalized spacial score (nSPS) is 12.5. The molecule has 5 rings (SSSR count). The predicted molar refractivity (Wildman–Crippen MR) is 140 cm³/mol. The van der Waals surface area contributed by atoms with Gasteiger partial charge in [-0.05, 0) is 59.9 Å². The number of hydrogen-bond donors (Lipinski definition) is 1. The first-order valence-electron chi connectivity index (χ1n) is 10.5. The van der Waals surface area contributed by atoms with Crippen LogP contribution in [0.2, 0.25) is 0 Å². The second kappa shape index (κ2) is 8.08. The third-order valence-corrected chi connectivity index (χ3v) is 7.35. The molecule has 0 aromatic heterocycles. The van der Waals surface area contributed by atoms with Gasteiger partial charge in [0.1, 0.15) is 0 Å². The molecule has 0 heterocycles. The molecule has 4 aromatic carbocycles. The topological polar surface area (TPSA) is 60.2 Å². The summed E-state index contributed by atoms with van der Waals surface area (Å²) >= 11 is 7.38. The van der Waals surface area contributed by atoms with Crippen LogP contribution in [0.15, 0.2) is 75.7 Å². The Morgan fingerprint density at radius 3 is 1.64 bits per heavy atom. The van der Waals surface area contributed by atoms with Gasteiger partial charge in [0, 0.05) is 36.9 Å². The van der Waals surface area contributed by atoms with Gasteiger partial charge >= 0.3 is 0 Å². The van der Waals surface area contributed by atoms with Gasteiger partial charge in [-0.1, -0.05) is 80.4 Å². The van der Waals surface area contributed by atoms with E-state index in [9.17, 15) is 9.59 Å². The van der Waals surface area contributed by atoms with Crippen LogP contribution in [0.3, 0.4) is 0 Å². The monoisotopic (exact) mass is 559 g/mol. The first kappa shape index (κ1) is 21.8. The number of carbonyl (C=O) groups is 2. The van der Waals surface area contributed by atoms with Crippen LogP contribution in [0, 0.1) is 13.8 Å². The lowest BCUT2D eigenvalue weighted by atomic mass is 9.77. The Hall–Kier alpha value is -3.02. The number of nitrogen functional groups attached to an aromatic ring is 1. The summed E-state index contributed by atoms with van der Waals surface area (Å²) in [5.41, 5.74) is 13.6. The standard InChI is InChI=1S/C28H19Br2NO2/c1-14-7-9-16(21(29)11-14)20-13-23(31)25-26(24(20)19-10-8-15(2)12-22(19)30)28(33)18-6-4-3-5-17(18)27(25)32/h3-13H,31H2,1-2H3. The molecule has 0 aliphatic heterocycles. The number of ketones is 2. The molecule has 2 N–H and O–H groups in total. The van der Waals surface area contributed by atoms with E-state index in [4.69, 9.17) is 5.73 Å². The van der Waals surface area contributed by atoms with Crippen molar-refractivity contribution in [2.45, 2.75) is 13.8 Å². The lowest BCUT2D eigenvalue weighted by molar-refractivity contribution is 0.0980. The average Bonchev–Trinajstić information content (AvgIpc) is 2.77. The Morgan fingerprint density at radius 1 is 0.576 bits per heavy atom. The number of carbonyl (C=O) groups excluding carboxylic acids is 2. The number of fused-ring (bicyclic) bond motifs is 2. The molecule has 1 aliphatic rings. The van der Waals surface area contributed by atoms with Crippen molar-refractivity contribution in [2.24, 2.45) is 0 Å². The van der Waals surface area contributed by atoms with Gasteiger partial charge in [-0.3, -0.25) is 9.59 Å². The molecular weight excluding hydrogens is 542 g/mol. The molecular formula is C28H19Br2NO2. The van der Waals surface area contributed by atoms with Gasteiger partial charge in [0.25, 0.3) is 0 Å². The number of nitrogens with two attached hydrogens (primary N) is 1. The molecule has 33 heavy (non-hydrogen) atoms. The van der Waals surface area contributed by atoms with Crippen LogP contribution >= 0.6 is 31.9 Å². The summed E-state index contributed by atoms with van der Waals surface area (Å²) in [4.78, 5) is 27.4. The summed E-state index contributed by atoms with van der Waals surface area (Å²) < 4.78 is 1.74. The Kier molecular flexibility index (Phi) is 5.34. The van der Waals surface area contributed by atoms with Gasteiger partial charge in [0.05, 0.1) is 5.56 Å². The average molecular weight is 561 g/mol. The summed E-state index contributed by atoms with van der Waals surface area (Å²) in [6.07, 6.45) is 0. The van der Waals surface area contributed by atoms with Crippen LogP contribution in [0.4, 0.5) is 5.69 Å². The van der Waals surface area contributed by atoms with E-state index < -0.39 is 0 Å². The molecule has 0 fully saturated rings. The van der Waals surface area contributed by atoms with Crippen LogP contribution in [0.1, 0.15) is 43.0 Å². The molecule has 0 saturated heterocycles. The zero-order valence-corrected chi connectivity index (χ0v) is 21.2. The highest BCUT2D eigenvalue weighted by atomic mass is 79.9. The van der Waals surface area contributed by atoms with Gasteiger partial charge in [-0.15, -0.1) is 0 Å². The smallest absolute Gasteiger partial charge is 0.196 e. The Bertz CT molecular complexity index is 1500. The van der Waals surface area contributed by atoms with E-state index >= 15 is 0 Å². The van der Waals surface area contributed by atoms with E-state index in [0.29, 0.717) is 27.9 Å². The largest absolute Gasteiger partial charge is 0.398 e. The van der Waals surface area contributed by atoms with E-state index in [0.717, 1.165) is 36.8 Å². The van der Waals surface area contributed by atoms with E-state index in [1.165, 1.54) is 0 Å². The van der Waals surface area contributed by atoms with E-state index in [1.807, 2.05) is 56.3 Å². The summed E-state index contributed by atoms with van der Waals surface area (Å²) in [6, 6.07) is 20.8. The first-order chi connectivity index (χ1) is 15.8. The third-order valence-electron chi connectivity index (χ3n) is 6.04. The number of anilines is 1. The first-order valence-corrected chi connectivity index (χ1v) is 12.0. The molecule has 0 atom stereocenters. The quantitative estimate of drug-likeness (QED) is 0.227. The molecule has 3 nitrogen and oxygen atoms in total. The molecule has 0 amide bonds. The van der Waals surface area contributed by atoms with E-state index in [-0.39, 0.29) is 17.1 Å². The minimum Gasteiger partial charge on any atom is -0.398 e. The van der Waals surface area contributed by atoms with Crippen LogP contribution in [-0.4, -0.2) is 11.6 Å². The van der Waals surface area contributed by atoms with Crippen molar-refractivity contribution in [3.63, 3.8) is 0 Å². The fraction of sp³-hybridized carbons (Fsp3) is 0.0714. The number of rotatable bonds is 2. The number of benzene rings is 4. The highest BCUT2D eigenvalue weighted by molar-refractivity contribution is 9.11. The van der Waals surface area contributed by atoms with Crippen LogP contribution in [0.5, 0.6) is 0 Å². The summed E-state index contributed by atoms with van der Waals surface area (Å²) in [7, 11) is 0. The fourth-order valence-electron chi connectivity index (χ4n) is 4.48. The zero-order valence-electron chi connectivity index (χ0n) is 18.0. The van der Waals surface area contributed by atoms with Crippen molar-refractivity contribution in [1.82, 2.24) is 0 Å². The van der Waals surface area contributed by atoms with Crippen molar-refractivity contribution in [3.05, 3.63) is 109 Å². The highest BCUT2D eigenvalue weighted by Crippen LogP contribution is 2.47. The minimum absolute atomic E-state index is 0.195. The fourth-order valence-corrected chi connectivity index (χ4v) is 5.88.